The SMILES string of the molecule is CCc1cccc2c1N(C)CCC2N. The van der Waals surface area contributed by atoms with Crippen molar-refractivity contribution in [2.75, 3.05) is 18.5 Å². The Bertz CT molecular complexity index is 333. The first-order chi connectivity index (χ1) is 6.74. The normalized spacial score (nSPS) is 20.8. The smallest absolute Gasteiger partial charge is 0.0444 e. The maximum Gasteiger partial charge on any atom is 0.0444 e. The Morgan fingerprint density at radius 2 is 2.29 bits per heavy atom. The van der Waals surface area contributed by atoms with Crippen LogP contribution in [0.25, 0.3) is 0 Å². The molecule has 2 heteroatoms. The van der Waals surface area contributed by atoms with Gasteiger partial charge >= 0.3 is 0 Å². The topological polar surface area (TPSA) is 29.3 Å². The molecule has 2 nitrogen and oxygen atoms in total. The van der Waals surface area contributed by atoms with Crippen molar-refractivity contribution in [3.8, 4) is 0 Å². The number of aryl methyl sites for hydroxylation is 1. The fraction of sp³-hybridized carbons (Fsp3) is 0.500. The third-order valence-electron chi connectivity index (χ3n) is 3.09. The van der Waals surface area contributed by atoms with Crippen LogP contribution in [0.2, 0.25) is 0 Å². The van der Waals surface area contributed by atoms with E-state index in [2.05, 4.69) is 37.1 Å². The summed E-state index contributed by atoms with van der Waals surface area (Å²) in [5.41, 5.74) is 10.2. The number of benzene rings is 1. The van der Waals surface area contributed by atoms with Crippen molar-refractivity contribution in [1.29, 1.82) is 0 Å². The number of nitrogens with zero attached hydrogens (tertiary/aromatic N) is 1. The van der Waals surface area contributed by atoms with Gasteiger partial charge in [-0.25, -0.2) is 0 Å². The van der Waals surface area contributed by atoms with Crippen LogP contribution in [-0.4, -0.2) is 13.6 Å². The summed E-state index contributed by atoms with van der Waals surface area (Å²) in [7, 11) is 2.16. The average Bonchev–Trinajstić information content (AvgIpc) is 2.23. The molecule has 0 radical (unpaired) electrons. The molecule has 1 unspecified atom stereocenters. The van der Waals surface area contributed by atoms with Crippen LogP contribution in [-0.2, 0) is 6.42 Å². The van der Waals surface area contributed by atoms with E-state index in [0.717, 1.165) is 19.4 Å². The monoisotopic (exact) mass is 190 g/mol. The summed E-state index contributed by atoms with van der Waals surface area (Å²) in [6.45, 7) is 3.27. The number of anilines is 1. The van der Waals surface area contributed by atoms with E-state index < -0.39 is 0 Å². The number of fused-ring (bicyclic) bond motifs is 1. The van der Waals surface area contributed by atoms with E-state index >= 15 is 0 Å². The molecule has 1 aromatic rings. The molecule has 0 saturated heterocycles. The Hall–Kier alpha value is -1.02. The summed E-state index contributed by atoms with van der Waals surface area (Å²) < 4.78 is 0. The van der Waals surface area contributed by atoms with Crippen molar-refractivity contribution in [3.63, 3.8) is 0 Å². The lowest BCUT2D eigenvalue weighted by Crippen LogP contribution is -2.31. The molecule has 0 fully saturated rings. The molecule has 0 bridgehead atoms. The highest BCUT2D eigenvalue weighted by atomic mass is 15.1. The lowest BCUT2D eigenvalue weighted by molar-refractivity contribution is 0.612. The van der Waals surface area contributed by atoms with E-state index in [9.17, 15) is 0 Å². The van der Waals surface area contributed by atoms with Gasteiger partial charge in [-0.1, -0.05) is 25.1 Å². The molecular formula is C12H18N2. The lowest BCUT2D eigenvalue weighted by atomic mass is 9.93. The van der Waals surface area contributed by atoms with Gasteiger partial charge in [0.25, 0.3) is 0 Å². The van der Waals surface area contributed by atoms with Crippen LogP contribution < -0.4 is 10.6 Å². The van der Waals surface area contributed by atoms with E-state index in [0.29, 0.717) is 0 Å². The zero-order valence-electron chi connectivity index (χ0n) is 8.96. The molecule has 1 aliphatic heterocycles. The van der Waals surface area contributed by atoms with Crippen molar-refractivity contribution in [1.82, 2.24) is 0 Å². The second kappa shape index (κ2) is 3.62. The number of para-hydroxylation sites is 1. The maximum atomic E-state index is 6.11. The molecular weight excluding hydrogens is 172 g/mol. The predicted molar refractivity (Wildman–Crippen MR) is 60.6 cm³/mol. The van der Waals surface area contributed by atoms with Gasteiger partial charge in [0.1, 0.15) is 0 Å². The van der Waals surface area contributed by atoms with E-state index in [1.807, 2.05) is 0 Å². The molecule has 0 aromatic heterocycles. The third kappa shape index (κ3) is 1.40. The van der Waals surface area contributed by atoms with Gasteiger partial charge in [0.05, 0.1) is 0 Å². The molecule has 0 aliphatic carbocycles. The maximum absolute atomic E-state index is 6.11. The highest BCUT2D eigenvalue weighted by molar-refractivity contribution is 5.62. The van der Waals surface area contributed by atoms with Gasteiger partial charge in [0.2, 0.25) is 0 Å². The Morgan fingerprint density at radius 3 is 3.00 bits per heavy atom. The van der Waals surface area contributed by atoms with E-state index in [1.54, 1.807) is 0 Å². The van der Waals surface area contributed by atoms with Crippen LogP contribution in [0.15, 0.2) is 18.2 Å². The van der Waals surface area contributed by atoms with Crippen molar-refractivity contribution < 1.29 is 0 Å². The predicted octanol–water partition coefficient (Wildman–Crippen LogP) is 2.09. The molecule has 2 rings (SSSR count). The fourth-order valence-corrected chi connectivity index (χ4v) is 2.26. The summed E-state index contributed by atoms with van der Waals surface area (Å²) in [5.74, 6) is 0. The van der Waals surface area contributed by atoms with Gasteiger partial charge in [0.15, 0.2) is 0 Å². The van der Waals surface area contributed by atoms with Crippen molar-refractivity contribution in [2.45, 2.75) is 25.8 Å². The van der Waals surface area contributed by atoms with Gasteiger partial charge in [-0.05, 0) is 24.0 Å². The third-order valence-corrected chi connectivity index (χ3v) is 3.09. The van der Waals surface area contributed by atoms with Gasteiger partial charge in [-0.2, -0.15) is 0 Å². The largest absolute Gasteiger partial charge is 0.374 e. The first-order valence-electron chi connectivity index (χ1n) is 5.32. The van der Waals surface area contributed by atoms with E-state index in [1.165, 1.54) is 16.8 Å². The summed E-state index contributed by atoms with van der Waals surface area (Å²) in [5, 5.41) is 0. The van der Waals surface area contributed by atoms with Crippen LogP contribution in [0, 0.1) is 0 Å². The van der Waals surface area contributed by atoms with Crippen LogP contribution in [0.3, 0.4) is 0 Å². The zero-order chi connectivity index (χ0) is 10.1. The van der Waals surface area contributed by atoms with Crippen molar-refractivity contribution in [2.24, 2.45) is 5.73 Å². The molecule has 76 valence electrons. The van der Waals surface area contributed by atoms with E-state index in [-0.39, 0.29) is 6.04 Å². The molecule has 0 spiro atoms. The second-order valence-electron chi connectivity index (χ2n) is 4.03. The standard InChI is InChI=1S/C12H18N2/c1-3-9-5-4-6-10-11(13)7-8-14(2)12(9)10/h4-6,11H,3,7-8,13H2,1-2H3. The van der Waals surface area contributed by atoms with Gasteiger partial charge in [-0.3, -0.25) is 0 Å². The van der Waals surface area contributed by atoms with Crippen LogP contribution >= 0.6 is 0 Å². The molecule has 14 heavy (non-hydrogen) atoms. The highest BCUT2D eigenvalue weighted by Crippen LogP contribution is 2.34. The molecule has 0 amide bonds. The van der Waals surface area contributed by atoms with Crippen LogP contribution in [0.5, 0.6) is 0 Å². The Morgan fingerprint density at radius 1 is 1.50 bits per heavy atom. The average molecular weight is 190 g/mol. The second-order valence-corrected chi connectivity index (χ2v) is 4.03. The van der Waals surface area contributed by atoms with Gasteiger partial charge in [-0.15, -0.1) is 0 Å². The molecule has 2 N–H and O–H groups in total. The molecule has 1 atom stereocenters. The van der Waals surface area contributed by atoms with Crippen LogP contribution in [0.1, 0.15) is 30.5 Å². The van der Waals surface area contributed by atoms with Crippen LogP contribution in [0.4, 0.5) is 5.69 Å². The summed E-state index contributed by atoms with van der Waals surface area (Å²) in [4.78, 5) is 2.33. The molecule has 1 heterocycles. The van der Waals surface area contributed by atoms with Crippen molar-refractivity contribution >= 4 is 5.69 Å². The number of nitrogens with two attached hydrogens (primary N) is 1. The summed E-state index contributed by atoms with van der Waals surface area (Å²) in [6, 6.07) is 6.71. The highest BCUT2D eigenvalue weighted by Gasteiger charge is 2.21. The zero-order valence-corrected chi connectivity index (χ0v) is 8.96. The fourth-order valence-electron chi connectivity index (χ4n) is 2.26. The molecule has 0 saturated carbocycles. The van der Waals surface area contributed by atoms with Gasteiger partial charge < -0.3 is 10.6 Å². The first-order valence-corrected chi connectivity index (χ1v) is 5.32. The Kier molecular flexibility index (Phi) is 2.46. The summed E-state index contributed by atoms with van der Waals surface area (Å²) >= 11 is 0. The molecule has 1 aliphatic rings. The molecule has 1 aromatic carbocycles. The first kappa shape index (κ1) is 9.53. The summed E-state index contributed by atoms with van der Waals surface area (Å²) in [6.07, 6.45) is 2.15. The minimum absolute atomic E-state index is 0.229. The number of hydrogen-bond acceptors (Lipinski definition) is 2. The minimum atomic E-state index is 0.229. The Labute approximate surface area is 85.7 Å². The van der Waals surface area contributed by atoms with Gasteiger partial charge in [0, 0.05) is 25.3 Å². The minimum Gasteiger partial charge on any atom is -0.374 e. The van der Waals surface area contributed by atoms with E-state index in [4.69, 9.17) is 5.73 Å². The Balaban J connectivity index is 2.54. The van der Waals surface area contributed by atoms with Crippen molar-refractivity contribution in [3.05, 3.63) is 29.3 Å². The quantitative estimate of drug-likeness (QED) is 0.734. The number of hydrogen-bond donors (Lipinski definition) is 1. The number of rotatable bonds is 1. The lowest BCUT2D eigenvalue weighted by Gasteiger charge is -2.33.